The molecule has 0 atom stereocenters. The van der Waals surface area contributed by atoms with Crippen LogP contribution in [0.25, 0.3) is 10.6 Å². The third-order valence-electron chi connectivity index (χ3n) is 5.58. The van der Waals surface area contributed by atoms with Crippen molar-refractivity contribution in [2.24, 2.45) is 0 Å². The highest BCUT2D eigenvalue weighted by molar-refractivity contribution is 7.17. The summed E-state index contributed by atoms with van der Waals surface area (Å²) in [7, 11) is 0. The first-order valence-corrected chi connectivity index (χ1v) is 11.0. The van der Waals surface area contributed by atoms with E-state index in [1.807, 2.05) is 36.1 Å². The number of hydrogen-bond donors (Lipinski definition) is 0. The lowest BCUT2D eigenvalue weighted by Crippen LogP contribution is -2.49. The molecular formula is C23H24ClN3OS. The molecule has 0 N–H and O–H groups in total. The van der Waals surface area contributed by atoms with Crippen molar-refractivity contribution in [1.29, 1.82) is 0 Å². The first-order valence-electron chi connectivity index (χ1n) is 9.78. The molecule has 0 bridgehead atoms. The molecule has 1 aliphatic rings. The lowest BCUT2D eigenvalue weighted by atomic mass is 10.1. The van der Waals surface area contributed by atoms with Gasteiger partial charge in [-0.1, -0.05) is 41.9 Å². The quantitative estimate of drug-likeness (QED) is 0.567. The zero-order valence-corrected chi connectivity index (χ0v) is 18.5. The molecule has 2 heterocycles. The summed E-state index contributed by atoms with van der Waals surface area (Å²) in [6.07, 6.45) is 0. The molecular weight excluding hydrogens is 402 g/mol. The van der Waals surface area contributed by atoms with Crippen LogP contribution in [0.4, 0.5) is 5.69 Å². The summed E-state index contributed by atoms with van der Waals surface area (Å²) in [5.74, 6) is 0.0684. The van der Waals surface area contributed by atoms with Crippen molar-refractivity contribution >= 4 is 34.5 Å². The second-order valence-electron chi connectivity index (χ2n) is 7.41. The molecule has 0 saturated carbocycles. The van der Waals surface area contributed by atoms with Gasteiger partial charge in [0.1, 0.15) is 9.88 Å². The van der Waals surface area contributed by atoms with E-state index in [4.69, 9.17) is 11.6 Å². The maximum absolute atomic E-state index is 13.2. The zero-order chi connectivity index (χ0) is 20.5. The molecule has 4 rings (SSSR count). The van der Waals surface area contributed by atoms with Crippen molar-refractivity contribution in [3.05, 3.63) is 69.2 Å². The van der Waals surface area contributed by atoms with Crippen molar-refractivity contribution in [1.82, 2.24) is 9.88 Å². The Hall–Kier alpha value is -2.37. The van der Waals surface area contributed by atoms with E-state index >= 15 is 0 Å². The van der Waals surface area contributed by atoms with Crippen LogP contribution in [0.2, 0.25) is 5.02 Å². The predicted molar refractivity (Wildman–Crippen MR) is 121 cm³/mol. The average molecular weight is 426 g/mol. The van der Waals surface area contributed by atoms with Crippen LogP contribution >= 0.6 is 22.9 Å². The number of aryl methyl sites for hydroxylation is 2. The Bertz CT molecular complexity index is 1050. The summed E-state index contributed by atoms with van der Waals surface area (Å²) in [5, 5.41) is 1.45. The van der Waals surface area contributed by atoms with Crippen LogP contribution in [0.5, 0.6) is 0 Å². The Morgan fingerprint density at radius 2 is 1.72 bits per heavy atom. The summed E-state index contributed by atoms with van der Waals surface area (Å²) in [5.41, 5.74) is 5.53. The van der Waals surface area contributed by atoms with Gasteiger partial charge in [0, 0.05) is 37.4 Å². The van der Waals surface area contributed by atoms with Crippen LogP contribution in [0.15, 0.2) is 42.5 Å². The van der Waals surface area contributed by atoms with Gasteiger partial charge in [0.15, 0.2) is 0 Å². The SMILES string of the molecule is Cc1cccc(N2CCN(C(=O)c3sc(-c4ccccc4Cl)nc3C)CC2)c1C. The smallest absolute Gasteiger partial charge is 0.265 e. The lowest BCUT2D eigenvalue weighted by Gasteiger charge is -2.37. The fourth-order valence-electron chi connectivity index (χ4n) is 3.72. The number of piperazine rings is 1. The number of anilines is 1. The third kappa shape index (κ3) is 3.89. The summed E-state index contributed by atoms with van der Waals surface area (Å²) >= 11 is 7.74. The van der Waals surface area contributed by atoms with Gasteiger partial charge >= 0.3 is 0 Å². The van der Waals surface area contributed by atoms with Crippen LogP contribution in [-0.2, 0) is 0 Å². The molecule has 0 aliphatic carbocycles. The van der Waals surface area contributed by atoms with Crippen molar-refractivity contribution in [2.75, 3.05) is 31.1 Å². The maximum atomic E-state index is 13.2. The van der Waals surface area contributed by atoms with Crippen molar-refractivity contribution in [3.63, 3.8) is 0 Å². The molecule has 1 aliphatic heterocycles. The highest BCUT2D eigenvalue weighted by Gasteiger charge is 2.26. The first kappa shape index (κ1) is 19.9. The molecule has 0 unspecified atom stereocenters. The van der Waals surface area contributed by atoms with Gasteiger partial charge in [-0.3, -0.25) is 4.79 Å². The van der Waals surface area contributed by atoms with Gasteiger partial charge in [-0.05, 0) is 44.0 Å². The van der Waals surface area contributed by atoms with E-state index in [1.54, 1.807) is 0 Å². The minimum atomic E-state index is 0.0684. The normalized spacial score (nSPS) is 14.3. The van der Waals surface area contributed by atoms with E-state index < -0.39 is 0 Å². The summed E-state index contributed by atoms with van der Waals surface area (Å²) in [6, 6.07) is 14.0. The number of carbonyl (C=O) groups excluding carboxylic acids is 1. The number of carbonyl (C=O) groups is 1. The molecule has 0 spiro atoms. The molecule has 1 saturated heterocycles. The van der Waals surface area contributed by atoms with Gasteiger partial charge in [0.05, 0.1) is 10.7 Å². The van der Waals surface area contributed by atoms with Gasteiger partial charge in [-0.25, -0.2) is 4.98 Å². The highest BCUT2D eigenvalue weighted by Crippen LogP contribution is 2.33. The Morgan fingerprint density at radius 3 is 2.45 bits per heavy atom. The number of rotatable bonds is 3. The second kappa shape index (κ2) is 8.17. The number of benzene rings is 2. The van der Waals surface area contributed by atoms with Crippen molar-refractivity contribution in [3.8, 4) is 10.6 Å². The van der Waals surface area contributed by atoms with Crippen LogP contribution in [-0.4, -0.2) is 42.0 Å². The Kier molecular flexibility index (Phi) is 5.61. The van der Waals surface area contributed by atoms with Gasteiger partial charge < -0.3 is 9.80 Å². The molecule has 150 valence electrons. The molecule has 4 nitrogen and oxygen atoms in total. The van der Waals surface area contributed by atoms with Crippen LogP contribution in [0, 0.1) is 20.8 Å². The molecule has 6 heteroatoms. The highest BCUT2D eigenvalue weighted by atomic mass is 35.5. The topological polar surface area (TPSA) is 36.4 Å². The van der Waals surface area contributed by atoms with E-state index in [0.29, 0.717) is 23.0 Å². The van der Waals surface area contributed by atoms with Gasteiger partial charge in [0.25, 0.3) is 5.91 Å². The monoisotopic (exact) mass is 425 g/mol. The number of nitrogens with zero attached hydrogens (tertiary/aromatic N) is 3. The van der Waals surface area contributed by atoms with E-state index in [0.717, 1.165) is 29.4 Å². The number of thiazole rings is 1. The molecule has 29 heavy (non-hydrogen) atoms. The van der Waals surface area contributed by atoms with E-state index in [-0.39, 0.29) is 5.91 Å². The summed E-state index contributed by atoms with van der Waals surface area (Å²) < 4.78 is 0. The summed E-state index contributed by atoms with van der Waals surface area (Å²) in [6.45, 7) is 9.31. The number of hydrogen-bond acceptors (Lipinski definition) is 4. The Labute approximate surface area is 180 Å². The number of aromatic nitrogens is 1. The Morgan fingerprint density at radius 1 is 1.00 bits per heavy atom. The minimum absolute atomic E-state index is 0.0684. The molecule has 3 aromatic rings. The van der Waals surface area contributed by atoms with Crippen LogP contribution in [0.1, 0.15) is 26.5 Å². The molecule has 1 amide bonds. The molecule has 0 radical (unpaired) electrons. The number of amides is 1. The van der Waals surface area contributed by atoms with Gasteiger partial charge in [0.2, 0.25) is 0 Å². The minimum Gasteiger partial charge on any atom is -0.368 e. The average Bonchev–Trinajstić information content (AvgIpc) is 3.11. The van der Waals surface area contributed by atoms with Crippen LogP contribution in [0.3, 0.4) is 0 Å². The fraction of sp³-hybridized carbons (Fsp3) is 0.304. The summed E-state index contributed by atoms with van der Waals surface area (Å²) in [4.78, 5) is 22.8. The van der Waals surface area contributed by atoms with E-state index in [2.05, 4.69) is 41.9 Å². The fourth-order valence-corrected chi connectivity index (χ4v) is 5.07. The van der Waals surface area contributed by atoms with Crippen molar-refractivity contribution in [2.45, 2.75) is 20.8 Å². The van der Waals surface area contributed by atoms with Gasteiger partial charge in [-0.2, -0.15) is 0 Å². The van der Waals surface area contributed by atoms with Gasteiger partial charge in [-0.15, -0.1) is 11.3 Å². The standard InChI is InChI=1S/C23H24ClN3OS/c1-15-7-6-10-20(16(15)2)26-11-13-27(14-12-26)23(28)21-17(3)25-22(29-21)18-8-4-5-9-19(18)24/h4-10H,11-14H2,1-3H3. The van der Waals surface area contributed by atoms with Crippen molar-refractivity contribution < 1.29 is 4.79 Å². The first-order chi connectivity index (χ1) is 14.0. The predicted octanol–water partition coefficient (Wildman–Crippen LogP) is 5.35. The molecule has 2 aromatic carbocycles. The van der Waals surface area contributed by atoms with E-state index in [9.17, 15) is 4.79 Å². The molecule has 1 fully saturated rings. The zero-order valence-electron chi connectivity index (χ0n) is 16.9. The maximum Gasteiger partial charge on any atom is 0.265 e. The Balaban J connectivity index is 1.49. The van der Waals surface area contributed by atoms with Crippen LogP contribution < -0.4 is 4.90 Å². The lowest BCUT2D eigenvalue weighted by molar-refractivity contribution is 0.0750. The molecule has 1 aromatic heterocycles. The third-order valence-corrected chi connectivity index (χ3v) is 7.09. The second-order valence-corrected chi connectivity index (χ2v) is 8.82. The van der Waals surface area contributed by atoms with E-state index in [1.165, 1.54) is 28.2 Å². The number of halogens is 1. The largest absolute Gasteiger partial charge is 0.368 e.